The number of nitrogens with zero attached hydrogens (tertiary/aromatic N) is 1. The minimum absolute atomic E-state index is 0.289. The molecule has 92 valence electrons. The molecule has 3 N–H and O–H groups in total. The van der Waals surface area contributed by atoms with Crippen molar-refractivity contribution in [3.8, 4) is 11.3 Å². The molecule has 0 amide bonds. The fourth-order valence-electron chi connectivity index (χ4n) is 2.32. The topological polar surface area (TPSA) is 78.0 Å². The number of hydrogen-bond acceptors (Lipinski definition) is 3. The van der Waals surface area contributed by atoms with E-state index in [1.54, 1.807) is 18.2 Å². The average molecular weight is 243 g/mol. The van der Waals surface area contributed by atoms with E-state index in [9.17, 15) is 9.90 Å². The largest absolute Gasteiger partial charge is 0.478 e. The summed E-state index contributed by atoms with van der Waals surface area (Å²) in [5, 5.41) is 19.8. The van der Waals surface area contributed by atoms with Crippen LogP contribution in [0.2, 0.25) is 0 Å². The maximum Gasteiger partial charge on any atom is 0.336 e. The van der Waals surface area contributed by atoms with E-state index in [-0.39, 0.29) is 5.56 Å². The minimum atomic E-state index is -0.925. The highest BCUT2D eigenvalue weighted by Gasteiger charge is 2.21. The summed E-state index contributed by atoms with van der Waals surface area (Å²) in [7, 11) is 0. The van der Waals surface area contributed by atoms with Crippen molar-refractivity contribution in [1.82, 2.24) is 15.5 Å². The van der Waals surface area contributed by atoms with Gasteiger partial charge >= 0.3 is 5.97 Å². The van der Waals surface area contributed by atoms with E-state index in [1.807, 2.05) is 6.07 Å². The zero-order valence-corrected chi connectivity index (χ0v) is 9.73. The lowest BCUT2D eigenvalue weighted by Gasteiger charge is -2.13. The Bertz CT molecular complexity index is 604. The Hall–Kier alpha value is -2.14. The molecule has 1 aromatic heterocycles. The summed E-state index contributed by atoms with van der Waals surface area (Å²) < 4.78 is 0. The van der Waals surface area contributed by atoms with Crippen molar-refractivity contribution < 1.29 is 9.90 Å². The first-order valence-electron chi connectivity index (χ1n) is 5.87. The molecule has 1 aromatic carbocycles. The highest BCUT2D eigenvalue weighted by Crippen LogP contribution is 2.28. The number of carboxylic acids is 1. The van der Waals surface area contributed by atoms with E-state index in [2.05, 4.69) is 15.5 Å². The number of fused-ring (bicyclic) bond motifs is 1. The number of benzene rings is 1. The van der Waals surface area contributed by atoms with Crippen molar-refractivity contribution in [1.29, 1.82) is 0 Å². The van der Waals surface area contributed by atoms with E-state index in [4.69, 9.17) is 0 Å². The maximum absolute atomic E-state index is 11.2. The van der Waals surface area contributed by atoms with Gasteiger partial charge < -0.3 is 10.4 Å². The van der Waals surface area contributed by atoms with E-state index >= 15 is 0 Å². The summed E-state index contributed by atoms with van der Waals surface area (Å²) in [6.45, 7) is 1.66. The van der Waals surface area contributed by atoms with Gasteiger partial charge in [-0.25, -0.2) is 4.79 Å². The van der Waals surface area contributed by atoms with Crippen molar-refractivity contribution in [2.75, 3.05) is 6.54 Å². The Morgan fingerprint density at radius 1 is 1.33 bits per heavy atom. The number of nitrogens with one attached hydrogen (secondary N) is 2. The third-order valence-corrected chi connectivity index (χ3v) is 3.22. The Morgan fingerprint density at radius 2 is 2.17 bits per heavy atom. The second-order valence-corrected chi connectivity index (χ2v) is 4.31. The second-order valence-electron chi connectivity index (χ2n) is 4.31. The van der Waals surface area contributed by atoms with Gasteiger partial charge in [0.15, 0.2) is 0 Å². The number of aromatic nitrogens is 2. The lowest BCUT2D eigenvalue weighted by molar-refractivity contribution is 0.0697. The summed E-state index contributed by atoms with van der Waals surface area (Å²) in [5.74, 6) is -0.925. The molecule has 0 radical (unpaired) electrons. The quantitative estimate of drug-likeness (QED) is 0.745. The van der Waals surface area contributed by atoms with Gasteiger partial charge in [0.05, 0.1) is 11.3 Å². The van der Waals surface area contributed by atoms with Gasteiger partial charge in [-0.05, 0) is 6.07 Å². The van der Waals surface area contributed by atoms with Crippen LogP contribution < -0.4 is 5.32 Å². The molecule has 0 bridgehead atoms. The summed E-state index contributed by atoms with van der Waals surface area (Å²) in [4.78, 5) is 11.2. The molecule has 3 rings (SSSR count). The molecule has 0 fully saturated rings. The number of hydrogen-bond donors (Lipinski definition) is 3. The zero-order chi connectivity index (χ0) is 12.5. The molecular formula is C13H13N3O2. The van der Waals surface area contributed by atoms with Gasteiger partial charge in [0.1, 0.15) is 0 Å². The van der Waals surface area contributed by atoms with E-state index in [1.165, 1.54) is 0 Å². The van der Waals surface area contributed by atoms with Crippen LogP contribution in [-0.2, 0) is 13.0 Å². The van der Waals surface area contributed by atoms with Gasteiger partial charge in [0.25, 0.3) is 0 Å². The van der Waals surface area contributed by atoms with E-state index in [0.29, 0.717) is 5.56 Å². The van der Waals surface area contributed by atoms with Crippen LogP contribution in [0, 0.1) is 0 Å². The van der Waals surface area contributed by atoms with Gasteiger partial charge in [-0.2, -0.15) is 5.10 Å². The molecule has 0 saturated carbocycles. The Morgan fingerprint density at radius 3 is 3.00 bits per heavy atom. The lowest BCUT2D eigenvalue weighted by atomic mass is 9.98. The van der Waals surface area contributed by atoms with E-state index in [0.717, 1.165) is 36.5 Å². The highest BCUT2D eigenvalue weighted by molar-refractivity contribution is 5.95. The molecule has 5 nitrogen and oxygen atoms in total. The molecule has 0 atom stereocenters. The first kappa shape index (κ1) is 11.0. The predicted octanol–water partition coefficient (Wildman–Crippen LogP) is 1.42. The van der Waals surface area contributed by atoms with Crippen molar-refractivity contribution in [3.05, 3.63) is 41.1 Å². The molecule has 0 spiro atoms. The Labute approximate surface area is 104 Å². The molecule has 0 saturated heterocycles. The van der Waals surface area contributed by atoms with Gasteiger partial charge in [0.2, 0.25) is 0 Å². The fourth-order valence-corrected chi connectivity index (χ4v) is 2.32. The first-order valence-corrected chi connectivity index (χ1v) is 5.87. The number of H-pyrrole nitrogens is 1. The average Bonchev–Trinajstić information content (AvgIpc) is 2.82. The Balaban J connectivity index is 2.15. The molecule has 5 heteroatoms. The number of carbonyl (C=O) groups is 1. The molecule has 2 heterocycles. The van der Waals surface area contributed by atoms with Crippen molar-refractivity contribution >= 4 is 5.97 Å². The molecule has 0 aliphatic carbocycles. The first-order chi connectivity index (χ1) is 8.77. The standard InChI is InChI=1S/C13H13N3O2/c17-13(18)9-4-2-1-3-8(9)12-10-7-14-6-5-11(10)15-16-12/h1-4,14H,5-7H2,(H,15,16)(H,17,18). The third-order valence-electron chi connectivity index (χ3n) is 3.22. The highest BCUT2D eigenvalue weighted by atomic mass is 16.4. The summed E-state index contributed by atoms with van der Waals surface area (Å²) in [5.41, 5.74) is 3.89. The molecule has 1 aliphatic rings. The van der Waals surface area contributed by atoms with Crippen molar-refractivity contribution in [3.63, 3.8) is 0 Å². The van der Waals surface area contributed by atoms with E-state index < -0.39 is 5.97 Å². The summed E-state index contributed by atoms with van der Waals surface area (Å²) >= 11 is 0. The van der Waals surface area contributed by atoms with Crippen molar-refractivity contribution in [2.24, 2.45) is 0 Å². The number of aromatic amines is 1. The predicted molar refractivity (Wildman–Crippen MR) is 66.4 cm³/mol. The van der Waals surface area contributed by atoms with Crippen LogP contribution in [0.5, 0.6) is 0 Å². The van der Waals surface area contributed by atoms with Crippen LogP contribution >= 0.6 is 0 Å². The normalized spacial score (nSPS) is 14.2. The molecule has 2 aromatic rings. The lowest BCUT2D eigenvalue weighted by Crippen LogP contribution is -2.23. The molecule has 18 heavy (non-hydrogen) atoms. The Kier molecular flexibility index (Phi) is 2.60. The van der Waals surface area contributed by atoms with Crippen LogP contribution in [0.15, 0.2) is 24.3 Å². The second kappa shape index (κ2) is 4.27. The summed E-state index contributed by atoms with van der Waals surface area (Å²) in [6, 6.07) is 6.97. The third kappa shape index (κ3) is 1.69. The zero-order valence-electron chi connectivity index (χ0n) is 9.73. The van der Waals surface area contributed by atoms with Gasteiger partial charge in [0, 0.05) is 36.3 Å². The van der Waals surface area contributed by atoms with Crippen LogP contribution in [0.3, 0.4) is 0 Å². The van der Waals surface area contributed by atoms with Crippen LogP contribution in [0.25, 0.3) is 11.3 Å². The number of rotatable bonds is 2. The number of aromatic carboxylic acids is 1. The van der Waals surface area contributed by atoms with Gasteiger partial charge in [-0.15, -0.1) is 0 Å². The SMILES string of the molecule is O=C(O)c1ccccc1-c1n[nH]c2c1CNCC2. The monoisotopic (exact) mass is 243 g/mol. The number of carboxylic acid groups (broad SMARTS) is 1. The van der Waals surface area contributed by atoms with Gasteiger partial charge in [-0.3, -0.25) is 5.10 Å². The minimum Gasteiger partial charge on any atom is -0.478 e. The van der Waals surface area contributed by atoms with Crippen LogP contribution in [0.1, 0.15) is 21.6 Å². The van der Waals surface area contributed by atoms with Crippen molar-refractivity contribution in [2.45, 2.75) is 13.0 Å². The molecular weight excluding hydrogens is 230 g/mol. The summed E-state index contributed by atoms with van der Waals surface area (Å²) in [6.07, 6.45) is 0.900. The van der Waals surface area contributed by atoms with Crippen LogP contribution in [0.4, 0.5) is 0 Å². The smallest absolute Gasteiger partial charge is 0.336 e. The molecule has 1 aliphatic heterocycles. The molecule has 0 unspecified atom stereocenters. The maximum atomic E-state index is 11.2. The van der Waals surface area contributed by atoms with Crippen LogP contribution in [-0.4, -0.2) is 27.8 Å². The fraction of sp³-hybridized carbons (Fsp3) is 0.231. The van der Waals surface area contributed by atoms with Gasteiger partial charge in [-0.1, -0.05) is 18.2 Å².